The lowest BCUT2D eigenvalue weighted by molar-refractivity contribution is -0.135. The Morgan fingerprint density at radius 2 is 1.89 bits per heavy atom. The number of hydrogen-bond donors (Lipinski definition) is 2. The van der Waals surface area contributed by atoms with Gasteiger partial charge in [0.05, 0.1) is 25.3 Å². The summed E-state index contributed by atoms with van der Waals surface area (Å²) in [7, 11) is 3.48. The number of amides is 1. The topological polar surface area (TPSA) is 87.6 Å². The molecule has 4 rings (SSSR count). The minimum Gasteiger partial charge on any atom is -0.496 e. The van der Waals surface area contributed by atoms with Crippen molar-refractivity contribution < 1.29 is 14.6 Å². The van der Waals surface area contributed by atoms with Crippen LogP contribution < -0.4 is 10.1 Å². The number of likely N-dealkylation sites (N-methyl/N-ethyl adjacent to an activating group) is 1. The van der Waals surface area contributed by atoms with E-state index in [-0.39, 0.29) is 24.5 Å². The highest BCUT2D eigenvalue weighted by Crippen LogP contribution is 2.42. The zero-order valence-electron chi connectivity index (χ0n) is 23.0. The van der Waals surface area contributed by atoms with Crippen LogP contribution in [0.2, 0.25) is 0 Å². The molecule has 0 bridgehead atoms. The van der Waals surface area contributed by atoms with Gasteiger partial charge in [-0.1, -0.05) is 18.2 Å². The molecule has 0 radical (unpaired) electrons. The molecule has 7 heteroatoms. The highest BCUT2D eigenvalue weighted by atomic mass is 16.5. The molecule has 3 aromatic rings. The van der Waals surface area contributed by atoms with Crippen LogP contribution >= 0.6 is 0 Å². The van der Waals surface area contributed by atoms with Gasteiger partial charge in [-0.05, 0) is 87.6 Å². The molecule has 1 fully saturated rings. The summed E-state index contributed by atoms with van der Waals surface area (Å²) in [5.74, 6) is 2.83. The Morgan fingerprint density at radius 3 is 2.57 bits per heavy atom. The Morgan fingerprint density at radius 1 is 1.16 bits per heavy atom. The summed E-state index contributed by atoms with van der Waals surface area (Å²) in [5, 5.41) is 13.8. The van der Waals surface area contributed by atoms with Crippen molar-refractivity contribution in [3.8, 4) is 5.75 Å². The summed E-state index contributed by atoms with van der Waals surface area (Å²) in [5.41, 5.74) is 5.83. The van der Waals surface area contributed by atoms with E-state index in [9.17, 15) is 9.90 Å². The first kappa shape index (κ1) is 26.9. The number of ether oxygens (including phenoxy) is 1. The molecule has 198 valence electrons. The second-order valence-corrected chi connectivity index (χ2v) is 10.4. The van der Waals surface area contributed by atoms with E-state index in [1.54, 1.807) is 19.1 Å². The maximum Gasteiger partial charge on any atom is 0.225 e. The molecular weight excluding hydrogens is 464 g/mol. The smallest absolute Gasteiger partial charge is 0.225 e. The van der Waals surface area contributed by atoms with E-state index in [0.717, 1.165) is 53.7 Å². The van der Waals surface area contributed by atoms with Crippen LogP contribution in [0.25, 0.3) is 10.9 Å². The average Bonchev–Trinajstić information content (AvgIpc) is 2.89. The quantitative estimate of drug-likeness (QED) is 0.424. The number of anilines is 1. The molecule has 2 aromatic carbocycles. The Hall–Kier alpha value is -3.19. The Kier molecular flexibility index (Phi) is 8.32. The SMILES string of the molecule is COc1cc2nc(C)nc(N[C@@H](C)c3cccc(C)c3C)c2cc1C1CCC(C(=O)N(C)CCO)CC1. The third-order valence-corrected chi connectivity index (χ3v) is 7.95. The second kappa shape index (κ2) is 11.5. The van der Waals surface area contributed by atoms with E-state index in [4.69, 9.17) is 14.7 Å². The van der Waals surface area contributed by atoms with E-state index in [0.29, 0.717) is 18.3 Å². The monoisotopic (exact) mass is 504 g/mol. The summed E-state index contributed by atoms with van der Waals surface area (Å²) in [6.07, 6.45) is 3.50. The summed E-state index contributed by atoms with van der Waals surface area (Å²) >= 11 is 0. The first-order valence-corrected chi connectivity index (χ1v) is 13.3. The standard InChI is InChI=1S/C30H40N4O3/c1-18-8-7-9-24(19(18)2)20(3)31-29-26-16-25(28(37-6)17-27(26)32-21(4)33-29)22-10-12-23(13-11-22)30(36)34(5)14-15-35/h7-9,16-17,20,22-23,35H,10-15H2,1-6H3,(H,31,32,33)/t20-,22?,23?/m0/s1. The summed E-state index contributed by atoms with van der Waals surface area (Å²) in [6.45, 7) is 8.76. The molecule has 0 saturated heterocycles. The fourth-order valence-corrected chi connectivity index (χ4v) is 5.64. The number of aromatic nitrogens is 2. The fourth-order valence-electron chi connectivity index (χ4n) is 5.64. The largest absolute Gasteiger partial charge is 0.496 e. The van der Waals surface area contributed by atoms with Gasteiger partial charge in [0.2, 0.25) is 5.91 Å². The molecule has 7 nitrogen and oxygen atoms in total. The van der Waals surface area contributed by atoms with Gasteiger partial charge in [-0.2, -0.15) is 0 Å². The molecule has 0 aliphatic heterocycles. The highest BCUT2D eigenvalue weighted by Gasteiger charge is 2.30. The number of methoxy groups -OCH3 is 1. The number of aliphatic hydroxyl groups is 1. The van der Waals surface area contributed by atoms with E-state index >= 15 is 0 Å². The van der Waals surface area contributed by atoms with Gasteiger partial charge in [0.15, 0.2) is 0 Å². The van der Waals surface area contributed by atoms with E-state index in [1.807, 2.05) is 13.0 Å². The van der Waals surface area contributed by atoms with Crippen LogP contribution in [0.3, 0.4) is 0 Å². The van der Waals surface area contributed by atoms with Gasteiger partial charge in [-0.25, -0.2) is 9.97 Å². The van der Waals surface area contributed by atoms with E-state index in [2.05, 4.69) is 50.4 Å². The lowest BCUT2D eigenvalue weighted by Crippen LogP contribution is -2.36. The van der Waals surface area contributed by atoms with Crippen LogP contribution in [0.1, 0.15) is 72.6 Å². The lowest BCUT2D eigenvalue weighted by Gasteiger charge is -2.31. The minimum absolute atomic E-state index is 0.00808. The number of aryl methyl sites for hydroxylation is 2. The predicted octanol–water partition coefficient (Wildman–Crippen LogP) is 5.46. The minimum atomic E-state index is -0.00808. The molecule has 1 atom stereocenters. The van der Waals surface area contributed by atoms with E-state index in [1.165, 1.54) is 16.7 Å². The molecule has 1 aliphatic carbocycles. The van der Waals surface area contributed by atoms with Crippen molar-refractivity contribution in [2.75, 3.05) is 32.6 Å². The normalized spacial score (nSPS) is 18.5. The summed E-state index contributed by atoms with van der Waals surface area (Å²) in [4.78, 5) is 23.9. The lowest BCUT2D eigenvalue weighted by atomic mass is 9.77. The predicted molar refractivity (Wildman–Crippen MR) is 148 cm³/mol. The molecule has 1 heterocycles. The molecular formula is C30H40N4O3. The van der Waals surface area contributed by atoms with Crippen molar-refractivity contribution >= 4 is 22.6 Å². The summed E-state index contributed by atoms with van der Waals surface area (Å²) in [6, 6.07) is 10.7. The van der Waals surface area contributed by atoms with Gasteiger partial charge in [0.1, 0.15) is 17.4 Å². The first-order chi connectivity index (χ1) is 17.7. The van der Waals surface area contributed by atoms with Crippen LogP contribution in [0, 0.1) is 26.7 Å². The Balaban J connectivity index is 1.63. The first-order valence-electron chi connectivity index (χ1n) is 13.3. The number of benzene rings is 2. The van der Waals surface area contributed by atoms with Gasteiger partial charge >= 0.3 is 0 Å². The van der Waals surface area contributed by atoms with Gasteiger partial charge in [-0.15, -0.1) is 0 Å². The molecule has 1 aromatic heterocycles. The number of carbonyl (C=O) groups is 1. The van der Waals surface area contributed by atoms with Crippen LogP contribution in [-0.4, -0.2) is 53.2 Å². The van der Waals surface area contributed by atoms with Crippen molar-refractivity contribution in [3.63, 3.8) is 0 Å². The molecule has 0 unspecified atom stereocenters. The van der Waals surface area contributed by atoms with Crippen molar-refractivity contribution in [3.05, 3.63) is 58.4 Å². The zero-order valence-corrected chi connectivity index (χ0v) is 23.0. The van der Waals surface area contributed by atoms with Gasteiger partial charge < -0.3 is 20.1 Å². The number of nitrogens with one attached hydrogen (secondary N) is 1. The fraction of sp³-hybridized carbons (Fsp3) is 0.500. The third kappa shape index (κ3) is 5.72. The Bertz CT molecular complexity index is 1270. The maximum atomic E-state index is 12.7. The van der Waals surface area contributed by atoms with Crippen LogP contribution in [0.5, 0.6) is 5.75 Å². The number of rotatable bonds is 8. The molecule has 1 saturated carbocycles. The number of carbonyl (C=O) groups excluding carboxylic acids is 1. The average molecular weight is 505 g/mol. The number of fused-ring (bicyclic) bond motifs is 1. The van der Waals surface area contributed by atoms with E-state index < -0.39 is 0 Å². The second-order valence-electron chi connectivity index (χ2n) is 10.4. The van der Waals surface area contributed by atoms with Gasteiger partial charge in [-0.3, -0.25) is 4.79 Å². The summed E-state index contributed by atoms with van der Waals surface area (Å²) < 4.78 is 5.83. The Labute approximate surface area is 220 Å². The molecule has 37 heavy (non-hydrogen) atoms. The molecule has 1 amide bonds. The zero-order chi connectivity index (χ0) is 26.7. The van der Waals surface area contributed by atoms with Crippen molar-refractivity contribution in [1.82, 2.24) is 14.9 Å². The molecule has 1 aliphatic rings. The number of aliphatic hydroxyl groups excluding tert-OH is 1. The van der Waals surface area contributed by atoms with Crippen molar-refractivity contribution in [2.45, 2.75) is 65.3 Å². The van der Waals surface area contributed by atoms with Gasteiger partial charge in [0, 0.05) is 31.0 Å². The van der Waals surface area contributed by atoms with Crippen molar-refractivity contribution in [1.29, 1.82) is 0 Å². The van der Waals surface area contributed by atoms with Crippen LogP contribution in [0.4, 0.5) is 5.82 Å². The van der Waals surface area contributed by atoms with Gasteiger partial charge in [0.25, 0.3) is 0 Å². The third-order valence-electron chi connectivity index (χ3n) is 7.95. The van der Waals surface area contributed by atoms with Crippen LogP contribution in [0.15, 0.2) is 30.3 Å². The van der Waals surface area contributed by atoms with Crippen LogP contribution in [-0.2, 0) is 4.79 Å². The highest BCUT2D eigenvalue weighted by molar-refractivity contribution is 5.91. The van der Waals surface area contributed by atoms with Crippen molar-refractivity contribution in [2.24, 2.45) is 5.92 Å². The molecule has 0 spiro atoms. The molecule has 2 N–H and O–H groups in total. The number of hydrogen-bond acceptors (Lipinski definition) is 6. The number of nitrogens with zero attached hydrogens (tertiary/aromatic N) is 3. The maximum absolute atomic E-state index is 12.7.